The molecule has 4 heteroatoms. The first-order valence-electron chi connectivity index (χ1n) is 8.92. The van der Waals surface area contributed by atoms with Gasteiger partial charge in [0.1, 0.15) is 0 Å². The molecule has 4 rings (SSSR count). The lowest BCUT2D eigenvalue weighted by Gasteiger charge is -2.24. The molecule has 1 heterocycles. The van der Waals surface area contributed by atoms with E-state index in [1.54, 1.807) is 0 Å². The first-order valence-corrected chi connectivity index (χ1v) is 8.92. The number of nitrogens with zero attached hydrogens (tertiary/aromatic N) is 2. The summed E-state index contributed by atoms with van der Waals surface area (Å²) < 4.78 is 5.77. The average Bonchev–Trinajstić information content (AvgIpc) is 3.47. The van der Waals surface area contributed by atoms with Gasteiger partial charge in [-0.15, -0.1) is 0 Å². The topological polar surface area (TPSA) is 41.9 Å². The van der Waals surface area contributed by atoms with Gasteiger partial charge in [0.05, 0.1) is 6.61 Å². The predicted octanol–water partition coefficient (Wildman–Crippen LogP) is 4.00. The molecule has 1 amide bonds. The second-order valence-electron chi connectivity index (χ2n) is 6.61. The lowest BCUT2D eigenvalue weighted by Crippen LogP contribution is -2.32. The fraction of sp³-hybridized carbons (Fsp3) is 0.333. The van der Waals surface area contributed by atoms with E-state index in [4.69, 9.17) is 4.74 Å². The third kappa shape index (κ3) is 3.29. The molecule has 0 bridgehead atoms. The van der Waals surface area contributed by atoms with E-state index in [9.17, 15) is 4.79 Å². The summed E-state index contributed by atoms with van der Waals surface area (Å²) in [6.07, 6.45) is 1.90. The van der Waals surface area contributed by atoms with Gasteiger partial charge >= 0.3 is 0 Å². The van der Waals surface area contributed by atoms with E-state index in [1.165, 1.54) is 22.3 Å². The fourth-order valence-electron chi connectivity index (χ4n) is 3.28. The Hall–Kier alpha value is -2.62. The monoisotopic (exact) mass is 334 g/mol. The molecule has 2 aliphatic rings. The van der Waals surface area contributed by atoms with Crippen LogP contribution in [0.25, 0.3) is 11.1 Å². The highest BCUT2D eigenvalue weighted by Crippen LogP contribution is 2.33. The van der Waals surface area contributed by atoms with Gasteiger partial charge in [-0.05, 0) is 42.0 Å². The minimum atomic E-state index is -0.0470. The van der Waals surface area contributed by atoms with Crippen LogP contribution in [-0.2, 0) is 22.6 Å². The summed E-state index contributed by atoms with van der Waals surface area (Å²) in [7, 11) is 0. The lowest BCUT2D eigenvalue weighted by atomic mass is 9.97. The SMILES string of the molecule is CCO/C(=N\C(=O)C1CC1)N1Cc2ccccc2-c2ccccc2C1. The largest absolute Gasteiger partial charge is 0.465 e. The molecule has 2 aromatic carbocycles. The molecule has 1 saturated carbocycles. The number of carbonyl (C=O) groups is 1. The minimum Gasteiger partial charge on any atom is -0.465 e. The van der Waals surface area contributed by atoms with Gasteiger partial charge in [-0.2, -0.15) is 4.99 Å². The predicted molar refractivity (Wildman–Crippen MR) is 97.9 cm³/mol. The quantitative estimate of drug-likeness (QED) is 0.616. The Morgan fingerprint density at radius 1 is 1.04 bits per heavy atom. The first kappa shape index (κ1) is 15.9. The van der Waals surface area contributed by atoms with Crippen LogP contribution < -0.4 is 0 Å². The van der Waals surface area contributed by atoms with E-state index in [0.717, 1.165) is 12.8 Å². The van der Waals surface area contributed by atoms with Crippen LogP contribution in [0.1, 0.15) is 30.9 Å². The molecule has 128 valence electrons. The molecule has 0 unspecified atom stereocenters. The Kier molecular flexibility index (Phi) is 4.26. The average molecular weight is 334 g/mol. The molecule has 1 aliphatic carbocycles. The molecular formula is C21H22N2O2. The number of fused-ring (bicyclic) bond motifs is 3. The van der Waals surface area contributed by atoms with E-state index in [0.29, 0.717) is 25.7 Å². The Morgan fingerprint density at radius 2 is 1.60 bits per heavy atom. The van der Waals surface area contributed by atoms with Gasteiger partial charge < -0.3 is 9.64 Å². The van der Waals surface area contributed by atoms with Crippen LogP contribution in [0, 0.1) is 5.92 Å². The Balaban J connectivity index is 1.74. The van der Waals surface area contributed by atoms with Crippen molar-refractivity contribution in [1.82, 2.24) is 4.90 Å². The van der Waals surface area contributed by atoms with Crippen molar-refractivity contribution in [3.8, 4) is 11.1 Å². The summed E-state index contributed by atoms with van der Waals surface area (Å²) in [5.74, 6) is 0.0521. The minimum absolute atomic E-state index is 0.0470. The molecule has 0 atom stereocenters. The van der Waals surface area contributed by atoms with Gasteiger partial charge in [0, 0.05) is 19.0 Å². The van der Waals surface area contributed by atoms with Gasteiger partial charge in [-0.1, -0.05) is 48.5 Å². The van der Waals surface area contributed by atoms with Gasteiger partial charge in [-0.3, -0.25) is 4.79 Å². The zero-order chi connectivity index (χ0) is 17.2. The Bertz CT molecular complexity index is 777. The normalized spacial score (nSPS) is 16.7. The highest BCUT2D eigenvalue weighted by molar-refractivity contribution is 5.93. The van der Waals surface area contributed by atoms with Crippen LogP contribution >= 0.6 is 0 Å². The second-order valence-corrected chi connectivity index (χ2v) is 6.61. The second kappa shape index (κ2) is 6.71. The van der Waals surface area contributed by atoms with Gasteiger partial charge in [0.2, 0.25) is 0 Å². The molecule has 0 saturated heterocycles. The molecule has 4 nitrogen and oxygen atoms in total. The van der Waals surface area contributed by atoms with Crippen LogP contribution in [0.15, 0.2) is 53.5 Å². The summed E-state index contributed by atoms with van der Waals surface area (Å²) in [5.41, 5.74) is 4.92. The summed E-state index contributed by atoms with van der Waals surface area (Å²) in [6, 6.07) is 17.3. The summed E-state index contributed by atoms with van der Waals surface area (Å²) in [5, 5.41) is 0. The molecule has 0 radical (unpaired) electrons. The Morgan fingerprint density at radius 3 is 2.12 bits per heavy atom. The highest BCUT2D eigenvalue weighted by atomic mass is 16.5. The van der Waals surface area contributed by atoms with Crippen molar-refractivity contribution >= 4 is 11.9 Å². The number of rotatable bonds is 2. The number of hydrogen-bond acceptors (Lipinski definition) is 2. The molecule has 2 aromatic rings. The van der Waals surface area contributed by atoms with E-state index < -0.39 is 0 Å². The number of benzene rings is 2. The van der Waals surface area contributed by atoms with Crippen LogP contribution in [-0.4, -0.2) is 23.4 Å². The van der Waals surface area contributed by atoms with Gasteiger partial charge in [0.25, 0.3) is 11.9 Å². The molecule has 1 fully saturated rings. The zero-order valence-electron chi connectivity index (χ0n) is 14.4. The summed E-state index contributed by atoms with van der Waals surface area (Å²) in [6.45, 7) is 3.79. The molecule has 0 N–H and O–H groups in total. The Labute approximate surface area is 148 Å². The smallest absolute Gasteiger partial charge is 0.295 e. The van der Waals surface area contributed by atoms with Crippen LogP contribution in [0.2, 0.25) is 0 Å². The first-order chi connectivity index (χ1) is 12.3. The van der Waals surface area contributed by atoms with Crippen molar-refractivity contribution < 1.29 is 9.53 Å². The van der Waals surface area contributed by atoms with Crippen molar-refractivity contribution in [3.63, 3.8) is 0 Å². The maximum atomic E-state index is 12.2. The van der Waals surface area contributed by atoms with Crippen molar-refractivity contribution in [2.24, 2.45) is 10.9 Å². The summed E-state index contributed by atoms with van der Waals surface area (Å²) in [4.78, 5) is 18.6. The highest BCUT2D eigenvalue weighted by Gasteiger charge is 2.31. The lowest BCUT2D eigenvalue weighted by molar-refractivity contribution is -0.119. The van der Waals surface area contributed by atoms with Crippen LogP contribution in [0.3, 0.4) is 0 Å². The standard InChI is InChI=1S/C21H22N2O2/c1-2-25-21(22-20(24)15-11-12-15)23-13-16-7-3-5-9-18(16)19-10-6-4-8-17(19)14-23/h3-10,15H,2,11-14H2,1H3/b22-21-. The number of carbonyl (C=O) groups excluding carboxylic acids is 1. The van der Waals surface area contributed by atoms with Crippen LogP contribution in [0.5, 0.6) is 0 Å². The van der Waals surface area contributed by atoms with Crippen molar-refractivity contribution in [3.05, 3.63) is 59.7 Å². The third-order valence-corrected chi connectivity index (χ3v) is 4.72. The number of ether oxygens (including phenoxy) is 1. The molecular weight excluding hydrogens is 312 g/mol. The molecule has 0 spiro atoms. The van der Waals surface area contributed by atoms with Crippen LogP contribution in [0.4, 0.5) is 0 Å². The van der Waals surface area contributed by atoms with E-state index >= 15 is 0 Å². The van der Waals surface area contributed by atoms with E-state index in [1.807, 2.05) is 6.92 Å². The zero-order valence-corrected chi connectivity index (χ0v) is 14.4. The van der Waals surface area contributed by atoms with Crippen molar-refractivity contribution in [2.45, 2.75) is 32.9 Å². The van der Waals surface area contributed by atoms with E-state index in [-0.39, 0.29) is 11.8 Å². The molecule has 25 heavy (non-hydrogen) atoms. The fourth-order valence-corrected chi connectivity index (χ4v) is 3.28. The number of aliphatic imine (C=N–C) groups is 1. The number of amidine groups is 1. The van der Waals surface area contributed by atoms with Crippen molar-refractivity contribution in [1.29, 1.82) is 0 Å². The molecule has 0 aromatic heterocycles. The maximum Gasteiger partial charge on any atom is 0.295 e. The number of amides is 1. The summed E-state index contributed by atoms with van der Waals surface area (Å²) >= 11 is 0. The van der Waals surface area contributed by atoms with Gasteiger partial charge in [0.15, 0.2) is 0 Å². The number of hydrogen-bond donors (Lipinski definition) is 0. The molecule has 1 aliphatic heterocycles. The van der Waals surface area contributed by atoms with Crippen molar-refractivity contribution in [2.75, 3.05) is 6.61 Å². The maximum absolute atomic E-state index is 12.2. The van der Waals surface area contributed by atoms with E-state index in [2.05, 4.69) is 58.4 Å². The van der Waals surface area contributed by atoms with Gasteiger partial charge in [-0.25, -0.2) is 0 Å². The third-order valence-electron chi connectivity index (χ3n) is 4.72.